The van der Waals surface area contributed by atoms with E-state index in [1.807, 2.05) is 19.1 Å². The van der Waals surface area contributed by atoms with Crippen LogP contribution in [0.3, 0.4) is 0 Å². The average Bonchev–Trinajstić information content (AvgIpc) is 3.23. The van der Waals surface area contributed by atoms with Gasteiger partial charge in [-0.25, -0.2) is 13.1 Å². The maximum Gasteiger partial charge on any atom is 0.240 e. The van der Waals surface area contributed by atoms with Crippen molar-refractivity contribution in [3.8, 4) is 0 Å². The van der Waals surface area contributed by atoms with Crippen LogP contribution in [0, 0.1) is 5.92 Å². The Morgan fingerprint density at radius 3 is 2.30 bits per heavy atom. The maximum atomic E-state index is 12.3. The number of hydrogen-bond donors (Lipinski definition) is 2. The molecule has 4 nitrogen and oxygen atoms in total. The van der Waals surface area contributed by atoms with Crippen LogP contribution in [-0.4, -0.2) is 21.0 Å². The van der Waals surface area contributed by atoms with Gasteiger partial charge in [-0.2, -0.15) is 0 Å². The third-order valence-corrected chi connectivity index (χ3v) is 5.45. The average molecular weight is 296 g/mol. The molecule has 20 heavy (non-hydrogen) atoms. The van der Waals surface area contributed by atoms with Crippen LogP contribution >= 0.6 is 0 Å². The zero-order valence-corrected chi connectivity index (χ0v) is 13.2. The van der Waals surface area contributed by atoms with Crippen molar-refractivity contribution in [1.82, 2.24) is 10.0 Å². The molecule has 1 aliphatic carbocycles. The molecule has 0 aliphatic heterocycles. The summed E-state index contributed by atoms with van der Waals surface area (Å²) >= 11 is 0. The molecular formula is C15H24N2O2S. The maximum absolute atomic E-state index is 12.3. The van der Waals surface area contributed by atoms with Crippen LogP contribution in [0.4, 0.5) is 0 Å². The predicted octanol–water partition coefficient (Wildman–Crippen LogP) is 2.43. The smallest absolute Gasteiger partial charge is 0.240 e. The molecule has 0 amide bonds. The van der Waals surface area contributed by atoms with Crippen molar-refractivity contribution in [2.45, 2.75) is 50.6 Å². The first-order valence-electron chi connectivity index (χ1n) is 7.29. The van der Waals surface area contributed by atoms with Crippen molar-refractivity contribution in [2.75, 3.05) is 6.54 Å². The number of rotatable bonds is 7. The standard InChI is InChI=1S/C15H24N2O2S/c1-4-16-11(2)13-7-9-15(10-8-13)20(18,19)17-12(3)14-5-6-14/h7-12,14,16-17H,4-6H2,1-3H3. The summed E-state index contributed by atoms with van der Waals surface area (Å²) in [7, 11) is -3.39. The highest BCUT2D eigenvalue weighted by Crippen LogP contribution is 2.33. The fraction of sp³-hybridized carbons (Fsp3) is 0.600. The largest absolute Gasteiger partial charge is 0.310 e. The first kappa shape index (κ1) is 15.5. The lowest BCUT2D eigenvalue weighted by molar-refractivity contribution is 0.538. The number of hydrogen-bond acceptors (Lipinski definition) is 3. The van der Waals surface area contributed by atoms with Crippen LogP contribution in [0.2, 0.25) is 0 Å². The molecule has 1 fully saturated rings. The van der Waals surface area contributed by atoms with Crippen molar-refractivity contribution in [2.24, 2.45) is 5.92 Å². The Bertz CT molecular complexity index is 535. The quantitative estimate of drug-likeness (QED) is 0.812. The Morgan fingerprint density at radius 2 is 1.80 bits per heavy atom. The van der Waals surface area contributed by atoms with Gasteiger partial charge in [0, 0.05) is 12.1 Å². The lowest BCUT2D eigenvalue weighted by Gasteiger charge is -2.15. The summed E-state index contributed by atoms with van der Waals surface area (Å²) in [5, 5.41) is 3.31. The molecule has 0 bridgehead atoms. The Kier molecular flexibility index (Phi) is 4.83. The molecule has 0 radical (unpaired) electrons. The van der Waals surface area contributed by atoms with Gasteiger partial charge in [-0.15, -0.1) is 0 Å². The number of sulfonamides is 1. The van der Waals surface area contributed by atoms with E-state index >= 15 is 0 Å². The van der Waals surface area contributed by atoms with Gasteiger partial charge in [0.2, 0.25) is 10.0 Å². The molecule has 1 aromatic rings. The van der Waals surface area contributed by atoms with Crippen LogP contribution in [0.25, 0.3) is 0 Å². The molecule has 2 atom stereocenters. The molecule has 112 valence electrons. The van der Waals surface area contributed by atoms with Gasteiger partial charge in [0.15, 0.2) is 0 Å². The van der Waals surface area contributed by atoms with Gasteiger partial charge in [-0.1, -0.05) is 19.1 Å². The highest BCUT2D eigenvalue weighted by atomic mass is 32.2. The summed E-state index contributed by atoms with van der Waals surface area (Å²) in [4.78, 5) is 0.345. The van der Waals surface area contributed by atoms with Crippen molar-refractivity contribution in [3.63, 3.8) is 0 Å². The first-order chi connectivity index (χ1) is 9.44. The molecule has 2 rings (SSSR count). The molecule has 0 spiro atoms. The first-order valence-corrected chi connectivity index (χ1v) is 8.78. The van der Waals surface area contributed by atoms with Gasteiger partial charge in [-0.3, -0.25) is 0 Å². The molecular weight excluding hydrogens is 272 g/mol. The van der Waals surface area contributed by atoms with Gasteiger partial charge >= 0.3 is 0 Å². The molecule has 1 aromatic carbocycles. The van der Waals surface area contributed by atoms with E-state index in [0.29, 0.717) is 10.8 Å². The Hall–Kier alpha value is -0.910. The second kappa shape index (κ2) is 6.24. The van der Waals surface area contributed by atoms with Gasteiger partial charge in [0.1, 0.15) is 0 Å². The molecule has 1 saturated carbocycles. The minimum absolute atomic E-state index is 0.0281. The van der Waals surface area contributed by atoms with E-state index in [-0.39, 0.29) is 12.1 Å². The van der Waals surface area contributed by atoms with Crippen LogP contribution in [0.15, 0.2) is 29.2 Å². The van der Waals surface area contributed by atoms with E-state index in [1.54, 1.807) is 12.1 Å². The highest BCUT2D eigenvalue weighted by Gasteiger charge is 2.31. The summed E-state index contributed by atoms with van der Waals surface area (Å²) in [6.45, 7) is 6.96. The second-order valence-corrected chi connectivity index (χ2v) is 7.31. The van der Waals surface area contributed by atoms with Gasteiger partial charge < -0.3 is 5.32 Å². The molecule has 5 heteroatoms. The molecule has 2 unspecified atom stereocenters. The summed E-state index contributed by atoms with van der Waals surface area (Å²) in [5.74, 6) is 0.512. The third-order valence-electron chi connectivity index (χ3n) is 3.87. The molecule has 0 heterocycles. The van der Waals surface area contributed by atoms with Crippen LogP contribution in [0.1, 0.15) is 45.2 Å². The van der Waals surface area contributed by atoms with Gasteiger partial charge in [0.25, 0.3) is 0 Å². The normalized spacial score (nSPS) is 18.8. The van der Waals surface area contributed by atoms with Crippen molar-refractivity contribution in [1.29, 1.82) is 0 Å². The summed E-state index contributed by atoms with van der Waals surface area (Å²) in [5.41, 5.74) is 1.10. The highest BCUT2D eigenvalue weighted by molar-refractivity contribution is 7.89. The number of benzene rings is 1. The fourth-order valence-electron chi connectivity index (χ4n) is 2.36. The van der Waals surface area contributed by atoms with E-state index in [9.17, 15) is 8.42 Å². The minimum atomic E-state index is -3.39. The van der Waals surface area contributed by atoms with Crippen molar-refractivity contribution >= 4 is 10.0 Å². The van der Waals surface area contributed by atoms with Crippen molar-refractivity contribution < 1.29 is 8.42 Å². The summed E-state index contributed by atoms with van der Waals surface area (Å²) in [6.07, 6.45) is 2.26. The number of nitrogens with one attached hydrogen (secondary N) is 2. The van der Waals surface area contributed by atoms with Gasteiger partial charge in [0.05, 0.1) is 4.90 Å². The topological polar surface area (TPSA) is 58.2 Å². The summed E-state index contributed by atoms with van der Waals surface area (Å²) in [6, 6.07) is 7.39. The Morgan fingerprint density at radius 1 is 1.20 bits per heavy atom. The lowest BCUT2D eigenvalue weighted by Crippen LogP contribution is -2.34. The minimum Gasteiger partial charge on any atom is -0.310 e. The Labute approximate surface area is 122 Å². The van der Waals surface area contributed by atoms with E-state index in [0.717, 1.165) is 24.9 Å². The van der Waals surface area contributed by atoms with E-state index in [2.05, 4.69) is 23.9 Å². The Balaban J connectivity index is 2.07. The van der Waals surface area contributed by atoms with E-state index in [4.69, 9.17) is 0 Å². The monoisotopic (exact) mass is 296 g/mol. The van der Waals surface area contributed by atoms with Crippen LogP contribution in [0.5, 0.6) is 0 Å². The summed E-state index contributed by atoms with van der Waals surface area (Å²) < 4.78 is 27.3. The zero-order valence-electron chi connectivity index (χ0n) is 12.4. The zero-order chi connectivity index (χ0) is 14.8. The van der Waals surface area contributed by atoms with Crippen molar-refractivity contribution in [3.05, 3.63) is 29.8 Å². The van der Waals surface area contributed by atoms with Crippen LogP contribution in [-0.2, 0) is 10.0 Å². The predicted molar refractivity (Wildman–Crippen MR) is 81.0 cm³/mol. The van der Waals surface area contributed by atoms with Crippen LogP contribution < -0.4 is 10.0 Å². The van der Waals surface area contributed by atoms with E-state index in [1.165, 1.54) is 0 Å². The molecule has 0 saturated heterocycles. The molecule has 1 aliphatic rings. The molecule has 0 aromatic heterocycles. The van der Waals surface area contributed by atoms with Gasteiger partial charge in [-0.05, 0) is 56.8 Å². The third kappa shape index (κ3) is 3.81. The lowest BCUT2D eigenvalue weighted by atomic mass is 10.1. The second-order valence-electron chi connectivity index (χ2n) is 5.60. The SMILES string of the molecule is CCNC(C)c1ccc(S(=O)(=O)NC(C)C2CC2)cc1. The fourth-order valence-corrected chi connectivity index (χ4v) is 3.68. The van der Waals surface area contributed by atoms with E-state index < -0.39 is 10.0 Å². The molecule has 2 N–H and O–H groups in total.